The van der Waals surface area contributed by atoms with Crippen molar-refractivity contribution >= 4 is 36.1 Å². The number of ether oxygens (including phenoxy) is 4. The number of carboxylic acids is 2. The molecule has 0 rings (SSSR count). The summed E-state index contributed by atoms with van der Waals surface area (Å²) in [6.07, 6.45) is -1.91. The van der Waals surface area contributed by atoms with Crippen molar-refractivity contribution in [3.05, 3.63) is 0 Å². The zero-order valence-corrected chi connectivity index (χ0v) is 23.2. The molecule has 0 spiro atoms. The van der Waals surface area contributed by atoms with Gasteiger partial charge < -0.3 is 0 Å². The summed E-state index contributed by atoms with van der Waals surface area (Å²) in [5.41, 5.74) is -2.60. The first-order chi connectivity index (χ1) is 16.5. The number of carboxylic acid groups (broad SMARTS) is 2. The Kier molecular flexibility index (Phi) is 14.1. The van der Waals surface area contributed by atoms with Crippen LogP contribution in [-0.2, 0) is 38.1 Å². The number of aliphatic carboxylic acids is 2. The molecule has 2 atom stereocenters. The number of esters is 2. The molecule has 14 nitrogen and oxygen atoms in total. The van der Waals surface area contributed by atoms with Crippen molar-refractivity contribution in [3.63, 3.8) is 0 Å². The Hall–Kier alpha value is -2.85. The van der Waals surface area contributed by atoms with Crippen LogP contribution in [0, 0.1) is 11.8 Å². The number of hydrogen-bond acceptors (Lipinski definition) is 10. The summed E-state index contributed by atoms with van der Waals surface area (Å²) < 4.78 is 24.9. The third-order valence-electron chi connectivity index (χ3n) is 5.12. The minimum absolute atomic E-state index is 0.0609. The number of halogens is 1. The van der Waals surface area contributed by atoms with E-state index in [0.717, 1.165) is 0 Å². The van der Waals surface area contributed by atoms with Gasteiger partial charge in [0.1, 0.15) is 0 Å². The number of rotatable bonds is 15. The van der Waals surface area contributed by atoms with Gasteiger partial charge in [0.15, 0.2) is 0 Å². The summed E-state index contributed by atoms with van der Waals surface area (Å²) in [6, 6.07) is 0. The van der Waals surface area contributed by atoms with Crippen LogP contribution >= 0.6 is 0 Å². The van der Waals surface area contributed by atoms with Crippen molar-refractivity contribution in [1.29, 1.82) is 0 Å². The first kappa shape index (κ1) is 33.1. The zero-order valence-electron chi connectivity index (χ0n) is 21.0. The van der Waals surface area contributed by atoms with Crippen molar-refractivity contribution in [2.45, 2.75) is 72.0 Å². The predicted octanol–water partition coefficient (Wildman–Crippen LogP) is -1.39. The predicted molar refractivity (Wildman–Crippen MR) is 117 cm³/mol. The van der Waals surface area contributed by atoms with E-state index < -0.39 is 80.9 Å². The molecule has 2 amide bonds. The number of carbonyl (C=O) groups excluding carboxylic acids is 4. The normalized spacial score (nSPS) is 13.1. The summed E-state index contributed by atoms with van der Waals surface area (Å²) in [7, 11) is 0. The van der Waals surface area contributed by atoms with E-state index in [-0.39, 0.29) is 32.5 Å². The molecule has 0 aliphatic rings. The molecule has 0 aliphatic carbocycles. The molecule has 36 heavy (non-hydrogen) atoms. The fourth-order valence-corrected chi connectivity index (χ4v) is 3.04. The number of amides is 2. The topological polar surface area (TPSA) is 204 Å². The molecule has 0 heterocycles. The summed E-state index contributed by atoms with van der Waals surface area (Å²) in [4.78, 5) is 69.2. The van der Waals surface area contributed by atoms with Crippen LogP contribution in [0.25, 0.3) is 0 Å². The van der Waals surface area contributed by atoms with E-state index in [4.69, 9.17) is 24.4 Å². The maximum absolute atomic E-state index is 12.5. The Morgan fingerprint density at radius 3 is 1.89 bits per heavy atom. The van der Waals surface area contributed by atoms with Gasteiger partial charge in [-0.3, -0.25) is 0 Å². The Morgan fingerprint density at radius 1 is 0.778 bits per heavy atom. The Labute approximate surface area is 219 Å². The Morgan fingerprint density at radius 2 is 1.33 bits per heavy atom. The van der Waals surface area contributed by atoms with Gasteiger partial charge in [0.05, 0.1) is 0 Å². The van der Waals surface area contributed by atoms with E-state index >= 15 is 0 Å². The van der Waals surface area contributed by atoms with Crippen LogP contribution in [-0.4, -0.2) is 70.7 Å². The number of nitrogens with one attached hydrogen (secondary N) is 2. The molecule has 0 aromatic rings. The standard InChI is InChI=1S/C21H34IN2O12/c1-12(16(28)29)20(3,4)35-17(30)13(2)21(5,6)36-19(32)24-22-23-18(31)34-10-7-8-15(27)33-11-9-14(25)26/h12-13H,7-11H2,1-6H3,(H,23,31)(H,24,32)(H,25,26)(H,28,29)/q-1. The van der Waals surface area contributed by atoms with Crippen molar-refractivity contribution in [2.75, 3.05) is 13.2 Å². The molecular formula is C21H34IN2O12-. The average Bonchev–Trinajstić information content (AvgIpc) is 2.74. The molecule has 0 saturated carbocycles. The molecule has 2 unspecified atom stereocenters. The van der Waals surface area contributed by atoms with E-state index in [1.807, 2.05) is 0 Å². The van der Waals surface area contributed by atoms with Gasteiger partial charge in [0.25, 0.3) is 0 Å². The molecule has 0 bridgehead atoms. The summed E-state index contributed by atoms with van der Waals surface area (Å²) in [5.74, 6) is -5.47. The molecule has 0 fully saturated rings. The third kappa shape index (κ3) is 13.3. The van der Waals surface area contributed by atoms with E-state index in [9.17, 15) is 28.8 Å². The van der Waals surface area contributed by atoms with E-state index in [1.165, 1.54) is 41.5 Å². The van der Waals surface area contributed by atoms with Gasteiger partial charge in [-0.15, -0.1) is 0 Å². The van der Waals surface area contributed by atoms with Crippen LogP contribution in [0.2, 0.25) is 0 Å². The van der Waals surface area contributed by atoms with E-state index in [1.54, 1.807) is 0 Å². The van der Waals surface area contributed by atoms with Crippen LogP contribution in [0.15, 0.2) is 0 Å². The maximum atomic E-state index is 12.5. The third-order valence-corrected chi connectivity index (χ3v) is 6.54. The van der Waals surface area contributed by atoms with Crippen LogP contribution in [0.1, 0.15) is 60.8 Å². The fraction of sp³-hybridized carbons (Fsp3) is 0.714. The van der Waals surface area contributed by atoms with Gasteiger partial charge in [-0.2, -0.15) is 0 Å². The Balaban J connectivity index is 4.33. The average molecular weight is 633 g/mol. The second-order valence-corrected chi connectivity index (χ2v) is 10.3. The molecule has 0 aliphatic heterocycles. The minimum atomic E-state index is -1.41. The Bertz CT molecular complexity index is 815. The van der Waals surface area contributed by atoms with Crippen molar-refractivity contribution < 1.29 is 79.7 Å². The molecule has 0 aromatic heterocycles. The van der Waals surface area contributed by atoms with Gasteiger partial charge in [0, 0.05) is 0 Å². The van der Waals surface area contributed by atoms with Gasteiger partial charge in [-0.05, 0) is 0 Å². The quantitative estimate of drug-likeness (QED) is 0.0542. The molecule has 0 saturated heterocycles. The second kappa shape index (κ2) is 15.3. The molecule has 15 heteroatoms. The molecular weight excluding hydrogens is 599 g/mol. The van der Waals surface area contributed by atoms with Crippen molar-refractivity contribution in [2.24, 2.45) is 11.8 Å². The molecule has 4 N–H and O–H groups in total. The first-order valence-corrected chi connectivity index (χ1v) is 13.0. The SMILES string of the molecule is CC(C(=O)O)C(C)(C)OC(=O)C(C)C(C)(C)OC(=O)N[I-]NC(=O)OCCCC(=O)OCCC(=O)O. The van der Waals surface area contributed by atoms with Crippen LogP contribution in [0.5, 0.6) is 0 Å². The summed E-state index contributed by atoms with van der Waals surface area (Å²) in [6.45, 7) is 8.47. The van der Waals surface area contributed by atoms with E-state index in [2.05, 4.69) is 11.8 Å². The zero-order chi connectivity index (χ0) is 28.1. The summed E-state index contributed by atoms with van der Waals surface area (Å²) >= 11 is -1.41. The van der Waals surface area contributed by atoms with Crippen molar-refractivity contribution in [1.82, 2.24) is 7.06 Å². The number of carbonyl (C=O) groups is 6. The van der Waals surface area contributed by atoms with Gasteiger partial charge >= 0.3 is 220 Å². The first-order valence-electron chi connectivity index (χ1n) is 10.9. The van der Waals surface area contributed by atoms with Crippen LogP contribution < -0.4 is 28.8 Å². The summed E-state index contributed by atoms with van der Waals surface area (Å²) in [5, 5.41) is 17.6. The molecule has 0 aromatic carbocycles. The van der Waals surface area contributed by atoms with E-state index in [0.29, 0.717) is 0 Å². The number of hydrogen-bond donors (Lipinski definition) is 4. The fourth-order valence-electron chi connectivity index (χ4n) is 2.20. The van der Waals surface area contributed by atoms with Gasteiger partial charge in [-0.1, -0.05) is 0 Å². The monoisotopic (exact) mass is 633 g/mol. The van der Waals surface area contributed by atoms with Gasteiger partial charge in [-0.25, -0.2) is 0 Å². The van der Waals surface area contributed by atoms with Crippen molar-refractivity contribution in [3.8, 4) is 0 Å². The van der Waals surface area contributed by atoms with Gasteiger partial charge in [0.2, 0.25) is 0 Å². The van der Waals surface area contributed by atoms with Crippen LogP contribution in [0.4, 0.5) is 9.59 Å². The second-order valence-electron chi connectivity index (χ2n) is 8.69. The molecule has 208 valence electrons. The molecule has 0 radical (unpaired) electrons. The van der Waals surface area contributed by atoms with Crippen LogP contribution in [0.3, 0.4) is 0 Å².